The highest BCUT2D eigenvalue weighted by molar-refractivity contribution is 5.40. The van der Waals surface area contributed by atoms with Gasteiger partial charge in [-0.15, -0.1) is 0 Å². The third-order valence-electron chi connectivity index (χ3n) is 3.04. The molecule has 88 valence electrons. The lowest BCUT2D eigenvalue weighted by atomic mass is 10.1. The van der Waals surface area contributed by atoms with Gasteiger partial charge in [0.05, 0.1) is 6.61 Å². The molecule has 1 aliphatic rings. The molecule has 1 saturated heterocycles. The molecular weight excluding hydrogens is 200 g/mol. The van der Waals surface area contributed by atoms with Crippen LogP contribution in [0, 0.1) is 12.8 Å². The van der Waals surface area contributed by atoms with Crippen molar-refractivity contribution in [1.82, 2.24) is 4.98 Å². The van der Waals surface area contributed by atoms with Gasteiger partial charge < -0.3 is 9.64 Å². The molecule has 1 fully saturated rings. The highest BCUT2D eigenvalue weighted by atomic mass is 16.5. The Bertz CT molecular complexity index is 340. The Morgan fingerprint density at radius 3 is 3.12 bits per heavy atom. The molecule has 0 radical (unpaired) electrons. The van der Waals surface area contributed by atoms with Crippen LogP contribution in [-0.2, 0) is 4.74 Å². The summed E-state index contributed by atoms with van der Waals surface area (Å²) in [7, 11) is 0. The molecule has 0 N–H and O–H groups in total. The number of pyridine rings is 1. The van der Waals surface area contributed by atoms with E-state index in [-0.39, 0.29) is 0 Å². The van der Waals surface area contributed by atoms with Crippen LogP contribution < -0.4 is 4.90 Å². The van der Waals surface area contributed by atoms with Gasteiger partial charge in [0, 0.05) is 31.3 Å². The van der Waals surface area contributed by atoms with Gasteiger partial charge in [0.2, 0.25) is 0 Å². The van der Waals surface area contributed by atoms with Crippen LogP contribution in [0.5, 0.6) is 0 Å². The molecule has 0 saturated carbocycles. The van der Waals surface area contributed by atoms with Gasteiger partial charge >= 0.3 is 0 Å². The minimum atomic E-state index is 0.669. The largest absolute Gasteiger partial charge is 0.381 e. The van der Waals surface area contributed by atoms with E-state index in [2.05, 4.69) is 28.9 Å². The molecule has 0 aromatic carbocycles. The van der Waals surface area contributed by atoms with Gasteiger partial charge in [-0.1, -0.05) is 6.07 Å². The summed E-state index contributed by atoms with van der Waals surface area (Å²) in [6, 6.07) is 6.21. The zero-order chi connectivity index (χ0) is 11.4. The van der Waals surface area contributed by atoms with Crippen molar-refractivity contribution in [3.63, 3.8) is 0 Å². The standard InChI is InChI=1S/C13H20N2O/c1-3-16-10-12-7-8-15(9-12)13-6-4-5-11(2)14-13/h4-6,12H,3,7-10H2,1-2H3. The molecule has 0 bridgehead atoms. The second-order valence-corrected chi connectivity index (χ2v) is 4.40. The molecule has 1 aromatic heterocycles. The van der Waals surface area contributed by atoms with Crippen LogP contribution in [0.15, 0.2) is 18.2 Å². The average Bonchev–Trinajstić information content (AvgIpc) is 2.75. The molecule has 2 rings (SSSR count). The van der Waals surface area contributed by atoms with Crippen LogP contribution in [0.2, 0.25) is 0 Å². The quantitative estimate of drug-likeness (QED) is 0.778. The summed E-state index contributed by atoms with van der Waals surface area (Å²) in [5.74, 6) is 1.78. The minimum Gasteiger partial charge on any atom is -0.381 e. The number of nitrogens with zero attached hydrogens (tertiary/aromatic N) is 2. The van der Waals surface area contributed by atoms with E-state index in [0.717, 1.165) is 37.8 Å². The molecule has 16 heavy (non-hydrogen) atoms. The molecule has 2 heterocycles. The minimum absolute atomic E-state index is 0.669. The van der Waals surface area contributed by atoms with Crippen molar-refractivity contribution in [3.8, 4) is 0 Å². The first-order chi connectivity index (χ1) is 7.79. The van der Waals surface area contributed by atoms with Gasteiger partial charge in [-0.05, 0) is 32.4 Å². The van der Waals surface area contributed by atoms with Crippen molar-refractivity contribution < 1.29 is 4.74 Å². The third-order valence-corrected chi connectivity index (χ3v) is 3.04. The average molecular weight is 220 g/mol. The predicted octanol–water partition coefficient (Wildman–Crippen LogP) is 2.25. The molecule has 1 aliphatic heterocycles. The fourth-order valence-corrected chi connectivity index (χ4v) is 2.17. The maximum atomic E-state index is 5.48. The van der Waals surface area contributed by atoms with Crippen LogP contribution in [0.1, 0.15) is 19.0 Å². The van der Waals surface area contributed by atoms with Crippen molar-refractivity contribution in [3.05, 3.63) is 23.9 Å². The van der Waals surface area contributed by atoms with Gasteiger partial charge in [0.15, 0.2) is 0 Å². The van der Waals surface area contributed by atoms with Crippen molar-refractivity contribution in [2.24, 2.45) is 5.92 Å². The number of rotatable bonds is 4. The van der Waals surface area contributed by atoms with E-state index in [0.29, 0.717) is 5.92 Å². The maximum absolute atomic E-state index is 5.48. The lowest BCUT2D eigenvalue weighted by Gasteiger charge is -2.17. The Morgan fingerprint density at radius 2 is 2.38 bits per heavy atom. The van der Waals surface area contributed by atoms with E-state index >= 15 is 0 Å². The van der Waals surface area contributed by atoms with E-state index in [4.69, 9.17) is 4.74 Å². The first kappa shape index (κ1) is 11.4. The molecule has 1 atom stereocenters. The monoisotopic (exact) mass is 220 g/mol. The van der Waals surface area contributed by atoms with Crippen LogP contribution in [-0.4, -0.2) is 31.3 Å². The van der Waals surface area contributed by atoms with Crippen LogP contribution >= 0.6 is 0 Å². The van der Waals surface area contributed by atoms with E-state index in [1.54, 1.807) is 0 Å². The van der Waals surface area contributed by atoms with E-state index in [1.165, 1.54) is 6.42 Å². The number of aryl methyl sites for hydroxylation is 1. The molecule has 1 unspecified atom stereocenters. The topological polar surface area (TPSA) is 25.4 Å². The summed E-state index contributed by atoms with van der Waals surface area (Å²) >= 11 is 0. The predicted molar refractivity (Wildman–Crippen MR) is 65.8 cm³/mol. The molecule has 0 aliphatic carbocycles. The third kappa shape index (κ3) is 2.73. The maximum Gasteiger partial charge on any atom is 0.128 e. The molecule has 3 heteroatoms. The van der Waals surface area contributed by atoms with Crippen LogP contribution in [0.3, 0.4) is 0 Å². The lowest BCUT2D eigenvalue weighted by molar-refractivity contribution is 0.117. The van der Waals surface area contributed by atoms with E-state index in [9.17, 15) is 0 Å². The van der Waals surface area contributed by atoms with Gasteiger partial charge in [0.1, 0.15) is 5.82 Å². The smallest absolute Gasteiger partial charge is 0.128 e. The van der Waals surface area contributed by atoms with E-state index in [1.807, 2.05) is 13.0 Å². The lowest BCUT2D eigenvalue weighted by Crippen LogP contribution is -2.22. The Hall–Kier alpha value is -1.09. The van der Waals surface area contributed by atoms with Crippen molar-refractivity contribution in [2.45, 2.75) is 20.3 Å². The highest BCUT2D eigenvalue weighted by Crippen LogP contribution is 2.22. The van der Waals surface area contributed by atoms with Crippen LogP contribution in [0.25, 0.3) is 0 Å². The SMILES string of the molecule is CCOCC1CCN(c2cccc(C)n2)C1. The Kier molecular flexibility index (Phi) is 3.78. The summed E-state index contributed by atoms with van der Waals surface area (Å²) in [5.41, 5.74) is 1.09. The van der Waals surface area contributed by atoms with Gasteiger partial charge in [-0.3, -0.25) is 0 Å². The second kappa shape index (κ2) is 5.30. The highest BCUT2D eigenvalue weighted by Gasteiger charge is 2.23. The number of hydrogen-bond donors (Lipinski definition) is 0. The number of hydrogen-bond acceptors (Lipinski definition) is 3. The molecule has 0 spiro atoms. The first-order valence-corrected chi connectivity index (χ1v) is 6.06. The summed E-state index contributed by atoms with van der Waals surface area (Å²) in [4.78, 5) is 6.91. The Labute approximate surface area is 97.4 Å². The molecule has 0 amide bonds. The number of ether oxygens (including phenoxy) is 1. The summed E-state index contributed by atoms with van der Waals surface area (Å²) in [5, 5.41) is 0. The molecule has 3 nitrogen and oxygen atoms in total. The van der Waals surface area contributed by atoms with Gasteiger partial charge in [0.25, 0.3) is 0 Å². The normalized spacial score (nSPS) is 20.4. The zero-order valence-corrected chi connectivity index (χ0v) is 10.1. The van der Waals surface area contributed by atoms with Crippen LogP contribution in [0.4, 0.5) is 5.82 Å². The summed E-state index contributed by atoms with van der Waals surface area (Å²) < 4.78 is 5.48. The fourth-order valence-electron chi connectivity index (χ4n) is 2.17. The number of anilines is 1. The summed E-state index contributed by atoms with van der Waals surface area (Å²) in [6.07, 6.45) is 1.22. The fraction of sp³-hybridized carbons (Fsp3) is 0.615. The Morgan fingerprint density at radius 1 is 1.50 bits per heavy atom. The van der Waals surface area contributed by atoms with E-state index < -0.39 is 0 Å². The van der Waals surface area contributed by atoms with Crippen molar-refractivity contribution in [1.29, 1.82) is 0 Å². The zero-order valence-electron chi connectivity index (χ0n) is 10.1. The van der Waals surface area contributed by atoms with Crippen molar-refractivity contribution in [2.75, 3.05) is 31.2 Å². The number of aromatic nitrogens is 1. The summed E-state index contributed by atoms with van der Waals surface area (Å²) in [6.45, 7) is 7.98. The molecular formula is C13H20N2O. The van der Waals surface area contributed by atoms with Gasteiger partial charge in [-0.25, -0.2) is 4.98 Å². The van der Waals surface area contributed by atoms with Crippen molar-refractivity contribution >= 4 is 5.82 Å². The van der Waals surface area contributed by atoms with Gasteiger partial charge in [-0.2, -0.15) is 0 Å². The first-order valence-electron chi connectivity index (χ1n) is 6.06. The Balaban J connectivity index is 1.93. The molecule has 1 aromatic rings. The second-order valence-electron chi connectivity index (χ2n) is 4.40.